The number of likely N-dealkylation sites (tertiary alicyclic amines) is 1. The van der Waals surface area contributed by atoms with E-state index in [1.807, 2.05) is 6.92 Å². The summed E-state index contributed by atoms with van der Waals surface area (Å²) in [6, 6.07) is 4.29. The van der Waals surface area contributed by atoms with E-state index in [1.54, 1.807) is 18.2 Å². The van der Waals surface area contributed by atoms with Crippen LogP contribution < -0.4 is 11.1 Å². The number of hydrogen-bond acceptors (Lipinski definition) is 2. The number of carbonyl (C=O) groups excluding carboxylic acids is 2. The summed E-state index contributed by atoms with van der Waals surface area (Å²) in [5.74, 6) is -0.222. The Morgan fingerprint density at radius 1 is 1.41 bits per heavy atom. The number of rotatable bonds is 4. The Hall–Kier alpha value is -1.46. The number of carbonyl (C=O) groups is 2. The quantitative estimate of drug-likeness (QED) is 0.881. The molecule has 0 bridgehead atoms. The van der Waals surface area contributed by atoms with Crippen molar-refractivity contribution < 1.29 is 9.59 Å². The van der Waals surface area contributed by atoms with Gasteiger partial charge < -0.3 is 16.0 Å². The van der Waals surface area contributed by atoms with Crippen LogP contribution in [0.4, 0.5) is 4.79 Å². The molecule has 5 nitrogen and oxygen atoms in total. The summed E-state index contributed by atoms with van der Waals surface area (Å²) in [4.78, 5) is 24.9. The lowest BCUT2D eigenvalue weighted by Crippen LogP contribution is -2.48. The molecule has 0 unspecified atom stereocenters. The standard InChI is InChI=1S/C15H19Cl2N3O2/c1-9(13-10(16)4-2-5-11(13)17)8-19-14(21)12-6-3-7-20(12)15(18)22/h2,4-5,9,12H,3,6-8H2,1H3,(H2,18,22)(H,19,21)/t9-,12+/m1/s1. The topological polar surface area (TPSA) is 75.4 Å². The first-order valence-electron chi connectivity index (χ1n) is 7.19. The van der Waals surface area contributed by atoms with Crippen LogP contribution in [0.1, 0.15) is 31.2 Å². The average Bonchev–Trinajstić information content (AvgIpc) is 2.94. The molecular weight excluding hydrogens is 325 g/mol. The monoisotopic (exact) mass is 343 g/mol. The smallest absolute Gasteiger partial charge is 0.315 e. The molecule has 0 spiro atoms. The van der Waals surface area contributed by atoms with Gasteiger partial charge in [0.15, 0.2) is 0 Å². The van der Waals surface area contributed by atoms with Crippen molar-refractivity contribution >= 4 is 35.1 Å². The molecule has 120 valence electrons. The van der Waals surface area contributed by atoms with Gasteiger partial charge in [-0.2, -0.15) is 0 Å². The van der Waals surface area contributed by atoms with Gasteiger partial charge in [-0.1, -0.05) is 36.2 Å². The molecule has 2 rings (SSSR count). The van der Waals surface area contributed by atoms with Gasteiger partial charge in [0.05, 0.1) is 0 Å². The molecule has 1 aromatic rings. The third-order valence-corrected chi connectivity index (χ3v) is 4.57. The van der Waals surface area contributed by atoms with Crippen molar-refractivity contribution in [1.29, 1.82) is 0 Å². The molecule has 1 heterocycles. The van der Waals surface area contributed by atoms with Gasteiger partial charge in [-0.25, -0.2) is 4.79 Å². The minimum absolute atomic E-state index is 0.0337. The van der Waals surface area contributed by atoms with Crippen LogP contribution in [0.15, 0.2) is 18.2 Å². The molecule has 1 aliphatic heterocycles. The van der Waals surface area contributed by atoms with Gasteiger partial charge in [0, 0.05) is 29.1 Å². The highest BCUT2D eigenvalue weighted by atomic mass is 35.5. The Morgan fingerprint density at radius 2 is 2.05 bits per heavy atom. The lowest BCUT2D eigenvalue weighted by Gasteiger charge is -2.23. The molecule has 1 fully saturated rings. The fraction of sp³-hybridized carbons (Fsp3) is 0.467. The number of nitrogens with two attached hydrogens (primary N) is 1. The minimum Gasteiger partial charge on any atom is -0.354 e. The summed E-state index contributed by atoms with van der Waals surface area (Å²) in [5.41, 5.74) is 6.09. The molecule has 0 aromatic heterocycles. The predicted molar refractivity (Wildman–Crippen MR) is 87.2 cm³/mol. The molecule has 3 N–H and O–H groups in total. The number of urea groups is 1. The Labute approximate surface area is 139 Å². The van der Waals surface area contributed by atoms with E-state index in [4.69, 9.17) is 28.9 Å². The Balaban J connectivity index is 1.98. The summed E-state index contributed by atoms with van der Waals surface area (Å²) in [6.07, 6.45) is 1.42. The summed E-state index contributed by atoms with van der Waals surface area (Å²) < 4.78 is 0. The van der Waals surface area contributed by atoms with Gasteiger partial charge in [-0.05, 0) is 30.5 Å². The van der Waals surface area contributed by atoms with Crippen molar-refractivity contribution in [2.75, 3.05) is 13.1 Å². The van der Waals surface area contributed by atoms with Gasteiger partial charge >= 0.3 is 6.03 Å². The molecule has 2 atom stereocenters. The third kappa shape index (κ3) is 3.65. The largest absolute Gasteiger partial charge is 0.354 e. The molecule has 0 radical (unpaired) electrons. The molecule has 1 aromatic carbocycles. The maximum absolute atomic E-state index is 12.2. The highest BCUT2D eigenvalue weighted by Crippen LogP contribution is 2.31. The van der Waals surface area contributed by atoms with Crippen molar-refractivity contribution in [2.24, 2.45) is 5.73 Å². The number of benzene rings is 1. The van der Waals surface area contributed by atoms with Crippen molar-refractivity contribution in [3.63, 3.8) is 0 Å². The molecule has 7 heteroatoms. The van der Waals surface area contributed by atoms with Crippen LogP contribution in [0.3, 0.4) is 0 Å². The second-order valence-corrected chi connectivity index (χ2v) is 6.29. The first-order chi connectivity index (χ1) is 10.4. The molecule has 1 saturated heterocycles. The van der Waals surface area contributed by atoms with Crippen molar-refractivity contribution in [2.45, 2.75) is 31.7 Å². The highest BCUT2D eigenvalue weighted by molar-refractivity contribution is 6.36. The third-order valence-electron chi connectivity index (χ3n) is 3.91. The maximum Gasteiger partial charge on any atom is 0.315 e. The lowest BCUT2D eigenvalue weighted by atomic mass is 10.0. The number of nitrogens with one attached hydrogen (secondary N) is 1. The molecule has 0 aliphatic carbocycles. The van der Waals surface area contributed by atoms with E-state index in [9.17, 15) is 9.59 Å². The van der Waals surface area contributed by atoms with Crippen molar-refractivity contribution in [3.8, 4) is 0 Å². The van der Waals surface area contributed by atoms with Gasteiger partial charge in [0.1, 0.15) is 6.04 Å². The first-order valence-corrected chi connectivity index (χ1v) is 7.95. The van der Waals surface area contributed by atoms with Crippen LogP contribution in [0.25, 0.3) is 0 Å². The van der Waals surface area contributed by atoms with E-state index >= 15 is 0 Å². The second kappa shape index (κ2) is 7.20. The second-order valence-electron chi connectivity index (χ2n) is 5.47. The van der Waals surface area contributed by atoms with E-state index in [0.717, 1.165) is 12.0 Å². The average molecular weight is 344 g/mol. The van der Waals surface area contributed by atoms with Gasteiger partial charge in [-0.3, -0.25) is 4.79 Å². The van der Waals surface area contributed by atoms with Gasteiger partial charge in [-0.15, -0.1) is 0 Å². The van der Waals surface area contributed by atoms with E-state index in [0.29, 0.717) is 29.6 Å². The summed E-state index contributed by atoms with van der Waals surface area (Å²) >= 11 is 12.3. The van der Waals surface area contributed by atoms with Crippen LogP contribution in [-0.4, -0.2) is 36.0 Å². The van der Waals surface area contributed by atoms with Crippen LogP contribution in [0.5, 0.6) is 0 Å². The summed E-state index contributed by atoms with van der Waals surface area (Å²) in [5, 5.41) is 4.01. The highest BCUT2D eigenvalue weighted by Gasteiger charge is 2.33. The van der Waals surface area contributed by atoms with E-state index in [2.05, 4.69) is 5.32 Å². The molecule has 1 aliphatic rings. The molecule has 3 amide bonds. The number of nitrogens with zero attached hydrogens (tertiary/aromatic N) is 1. The van der Waals surface area contributed by atoms with Crippen molar-refractivity contribution in [3.05, 3.63) is 33.8 Å². The predicted octanol–water partition coefficient (Wildman–Crippen LogP) is 2.76. The Morgan fingerprint density at radius 3 is 2.64 bits per heavy atom. The zero-order valence-corrected chi connectivity index (χ0v) is 13.8. The lowest BCUT2D eigenvalue weighted by molar-refractivity contribution is -0.124. The van der Waals surface area contributed by atoms with Gasteiger partial charge in [0.2, 0.25) is 5.91 Å². The summed E-state index contributed by atoms with van der Waals surface area (Å²) in [6.45, 7) is 2.86. The zero-order chi connectivity index (χ0) is 16.3. The van der Waals surface area contributed by atoms with E-state index < -0.39 is 12.1 Å². The van der Waals surface area contributed by atoms with E-state index in [-0.39, 0.29) is 11.8 Å². The number of hydrogen-bond donors (Lipinski definition) is 2. The fourth-order valence-corrected chi connectivity index (χ4v) is 3.53. The number of amides is 3. The minimum atomic E-state index is -0.556. The van der Waals surface area contributed by atoms with Gasteiger partial charge in [0.25, 0.3) is 0 Å². The zero-order valence-electron chi connectivity index (χ0n) is 12.3. The SMILES string of the molecule is C[C@H](CNC(=O)[C@@H]1CCCN1C(N)=O)c1c(Cl)cccc1Cl. The first kappa shape index (κ1) is 16.9. The normalized spacial score (nSPS) is 19.0. The van der Waals surface area contributed by atoms with Crippen LogP contribution in [0, 0.1) is 0 Å². The Bertz CT molecular complexity index is 560. The molecule has 22 heavy (non-hydrogen) atoms. The molecular formula is C15H19Cl2N3O2. The number of halogens is 2. The van der Waals surface area contributed by atoms with Crippen LogP contribution in [0.2, 0.25) is 10.0 Å². The van der Waals surface area contributed by atoms with Crippen molar-refractivity contribution in [1.82, 2.24) is 10.2 Å². The maximum atomic E-state index is 12.2. The Kier molecular flexibility index (Phi) is 5.53. The van der Waals surface area contributed by atoms with Crippen LogP contribution in [-0.2, 0) is 4.79 Å². The number of primary amides is 1. The molecule has 0 saturated carbocycles. The van der Waals surface area contributed by atoms with Crippen LogP contribution >= 0.6 is 23.2 Å². The summed E-state index contributed by atoms with van der Waals surface area (Å²) in [7, 11) is 0. The fourth-order valence-electron chi connectivity index (χ4n) is 2.76. The van der Waals surface area contributed by atoms with E-state index in [1.165, 1.54) is 4.90 Å².